The predicted octanol–water partition coefficient (Wildman–Crippen LogP) is 2.44. The van der Waals surface area contributed by atoms with Crippen LogP contribution in [0, 0.1) is 0 Å². The van der Waals surface area contributed by atoms with Crippen LogP contribution < -0.4 is 15.5 Å². The minimum Gasteiger partial charge on any atom is -0.381 e. The van der Waals surface area contributed by atoms with Crippen LogP contribution in [-0.2, 0) is 11.3 Å². The van der Waals surface area contributed by atoms with E-state index in [2.05, 4.69) is 67.7 Å². The first-order valence-electron chi connectivity index (χ1n) is 11.1. The van der Waals surface area contributed by atoms with Crippen molar-refractivity contribution >= 4 is 22.7 Å². The van der Waals surface area contributed by atoms with Gasteiger partial charge < -0.3 is 20.3 Å². The molecule has 3 aromatic heterocycles. The maximum Gasteiger partial charge on any atom is 0.186 e. The Kier molecular flexibility index (Phi) is 5.69. The van der Waals surface area contributed by atoms with Crippen molar-refractivity contribution in [2.75, 3.05) is 36.5 Å². The third-order valence-electron chi connectivity index (χ3n) is 6.12. The van der Waals surface area contributed by atoms with E-state index < -0.39 is 0 Å². The van der Waals surface area contributed by atoms with Crippen LogP contribution in [-0.4, -0.2) is 63.5 Å². The van der Waals surface area contributed by atoms with E-state index in [4.69, 9.17) is 9.72 Å². The summed E-state index contributed by atoms with van der Waals surface area (Å²) in [6, 6.07) is 7.13. The third kappa shape index (κ3) is 4.33. The van der Waals surface area contributed by atoms with Gasteiger partial charge in [0.15, 0.2) is 5.65 Å². The zero-order chi connectivity index (χ0) is 21.2. The number of hydrogen-bond donors (Lipinski definition) is 3. The minimum absolute atomic E-state index is 0.392. The maximum absolute atomic E-state index is 5.52. The number of rotatable bonds is 5. The van der Waals surface area contributed by atoms with Gasteiger partial charge in [-0.05, 0) is 38.8 Å². The van der Waals surface area contributed by atoms with E-state index >= 15 is 0 Å². The Labute approximate surface area is 182 Å². The fourth-order valence-corrected chi connectivity index (χ4v) is 4.72. The van der Waals surface area contributed by atoms with Crippen molar-refractivity contribution in [3.63, 3.8) is 0 Å². The van der Waals surface area contributed by atoms with Gasteiger partial charge in [0.2, 0.25) is 0 Å². The lowest BCUT2D eigenvalue weighted by Crippen LogP contribution is -2.54. The van der Waals surface area contributed by atoms with Crippen LogP contribution in [0.25, 0.3) is 11.0 Å². The molecule has 9 heteroatoms. The Balaban J connectivity index is 1.35. The lowest BCUT2D eigenvalue weighted by Gasteiger charge is -2.37. The number of nitrogens with zero attached hydrogens (tertiary/aromatic N) is 5. The molecule has 0 aliphatic carbocycles. The summed E-state index contributed by atoms with van der Waals surface area (Å²) in [4.78, 5) is 16.1. The van der Waals surface area contributed by atoms with E-state index in [1.165, 1.54) is 0 Å². The highest BCUT2D eigenvalue weighted by atomic mass is 16.5. The fourth-order valence-electron chi connectivity index (χ4n) is 4.72. The van der Waals surface area contributed by atoms with Crippen LogP contribution in [0.5, 0.6) is 0 Å². The van der Waals surface area contributed by atoms with Gasteiger partial charge in [-0.25, -0.2) is 15.0 Å². The first-order valence-corrected chi connectivity index (χ1v) is 11.1. The normalized spacial score (nSPS) is 22.7. The van der Waals surface area contributed by atoms with Crippen molar-refractivity contribution in [1.29, 1.82) is 0 Å². The van der Waals surface area contributed by atoms with Gasteiger partial charge in [0.1, 0.15) is 18.0 Å². The highest BCUT2D eigenvalue weighted by Crippen LogP contribution is 2.33. The second kappa shape index (κ2) is 8.76. The molecular formula is C22H30N8O. The zero-order valence-electron chi connectivity index (χ0n) is 18.1. The molecule has 2 atom stereocenters. The highest BCUT2D eigenvalue weighted by molar-refractivity contribution is 5.89. The second-order valence-electron chi connectivity index (χ2n) is 8.66. The highest BCUT2D eigenvalue weighted by Gasteiger charge is 2.24. The van der Waals surface area contributed by atoms with Gasteiger partial charge in [-0.2, -0.15) is 5.10 Å². The van der Waals surface area contributed by atoms with Crippen LogP contribution in [0.2, 0.25) is 0 Å². The van der Waals surface area contributed by atoms with E-state index in [0.717, 1.165) is 67.6 Å². The Morgan fingerprint density at radius 2 is 1.94 bits per heavy atom. The molecule has 9 nitrogen and oxygen atoms in total. The molecule has 0 bridgehead atoms. The average Bonchev–Trinajstić information content (AvgIpc) is 3.23. The topological polar surface area (TPSA) is 104 Å². The molecular weight excluding hydrogens is 392 g/mol. The average molecular weight is 423 g/mol. The van der Waals surface area contributed by atoms with Crippen LogP contribution in [0.3, 0.4) is 0 Å². The van der Waals surface area contributed by atoms with E-state index in [1.807, 2.05) is 0 Å². The van der Waals surface area contributed by atoms with Gasteiger partial charge >= 0.3 is 0 Å². The standard InChI is InChI=1S/C22H30N8O/c1-14-11-30(12-15(2)26-14)18-5-3-4-17(27-18)10-23-21-19-20(16-6-8-31-9-7-16)28-29-22(19)25-13-24-21/h3-5,13-16,26H,6-12H2,1-2H3,(H2,23,24,25,28,29)/t14-,15+. The number of fused-ring (bicyclic) bond motifs is 1. The van der Waals surface area contributed by atoms with Crippen molar-refractivity contribution in [2.45, 2.75) is 51.2 Å². The summed E-state index contributed by atoms with van der Waals surface area (Å²) in [5.41, 5.74) is 2.79. The Hall–Kier alpha value is -2.78. The summed E-state index contributed by atoms with van der Waals surface area (Å²) in [5.74, 6) is 2.22. The molecule has 0 unspecified atom stereocenters. The zero-order valence-corrected chi connectivity index (χ0v) is 18.1. The van der Waals surface area contributed by atoms with E-state index in [0.29, 0.717) is 30.2 Å². The number of anilines is 2. The summed E-state index contributed by atoms with van der Waals surface area (Å²) in [5, 5.41) is 15.7. The van der Waals surface area contributed by atoms with E-state index in [-0.39, 0.29) is 0 Å². The number of hydrogen-bond acceptors (Lipinski definition) is 8. The number of H-pyrrole nitrogens is 1. The van der Waals surface area contributed by atoms with Crippen molar-refractivity contribution < 1.29 is 4.74 Å². The summed E-state index contributed by atoms with van der Waals surface area (Å²) in [6.45, 7) is 8.51. The number of aromatic amines is 1. The summed E-state index contributed by atoms with van der Waals surface area (Å²) in [7, 11) is 0. The van der Waals surface area contributed by atoms with E-state index in [1.54, 1.807) is 6.33 Å². The Morgan fingerprint density at radius 3 is 2.74 bits per heavy atom. The first kappa shape index (κ1) is 20.1. The smallest absolute Gasteiger partial charge is 0.186 e. The predicted molar refractivity (Wildman–Crippen MR) is 120 cm³/mol. The minimum atomic E-state index is 0.392. The molecule has 2 aliphatic rings. The number of pyridine rings is 1. The van der Waals surface area contributed by atoms with Crippen LogP contribution in [0.15, 0.2) is 24.5 Å². The van der Waals surface area contributed by atoms with Gasteiger partial charge in [-0.1, -0.05) is 6.07 Å². The van der Waals surface area contributed by atoms with Crippen molar-refractivity contribution in [3.8, 4) is 0 Å². The largest absolute Gasteiger partial charge is 0.381 e. The van der Waals surface area contributed by atoms with Gasteiger partial charge in [0.25, 0.3) is 0 Å². The molecule has 5 heterocycles. The van der Waals surface area contributed by atoms with Crippen LogP contribution in [0.1, 0.15) is 44.0 Å². The number of ether oxygens (including phenoxy) is 1. The van der Waals surface area contributed by atoms with Gasteiger partial charge in [0.05, 0.1) is 23.3 Å². The van der Waals surface area contributed by atoms with Gasteiger partial charge in [-0.3, -0.25) is 5.10 Å². The van der Waals surface area contributed by atoms with Crippen molar-refractivity contribution in [1.82, 2.24) is 30.5 Å². The molecule has 0 amide bonds. The van der Waals surface area contributed by atoms with Crippen LogP contribution >= 0.6 is 0 Å². The SMILES string of the molecule is C[C@@H]1CN(c2cccc(CNc3ncnc4n[nH]c(C5CCOCC5)c34)n2)C[C@H](C)N1. The molecule has 0 radical (unpaired) electrons. The number of piperazine rings is 1. The molecule has 0 saturated carbocycles. The third-order valence-corrected chi connectivity index (χ3v) is 6.12. The maximum atomic E-state index is 5.52. The quantitative estimate of drug-likeness (QED) is 0.576. The lowest BCUT2D eigenvalue weighted by molar-refractivity contribution is 0.0847. The van der Waals surface area contributed by atoms with Crippen LogP contribution in [0.4, 0.5) is 11.6 Å². The molecule has 3 N–H and O–H groups in total. The molecule has 2 saturated heterocycles. The molecule has 164 valence electrons. The number of nitrogens with one attached hydrogen (secondary N) is 3. The fraction of sp³-hybridized carbons (Fsp3) is 0.545. The molecule has 0 spiro atoms. The second-order valence-corrected chi connectivity index (χ2v) is 8.66. The lowest BCUT2D eigenvalue weighted by atomic mass is 9.95. The summed E-state index contributed by atoms with van der Waals surface area (Å²) >= 11 is 0. The molecule has 3 aromatic rings. The summed E-state index contributed by atoms with van der Waals surface area (Å²) < 4.78 is 5.52. The van der Waals surface area contributed by atoms with E-state index in [9.17, 15) is 0 Å². The monoisotopic (exact) mass is 422 g/mol. The molecule has 2 fully saturated rings. The Bertz CT molecular complexity index is 1020. The summed E-state index contributed by atoms with van der Waals surface area (Å²) in [6.07, 6.45) is 3.53. The van der Waals surface area contributed by atoms with Gasteiger partial charge in [-0.15, -0.1) is 0 Å². The van der Waals surface area contributed by atoms with Crippen molar-refractivity contribution in [3.05, 3.63) is 35.9 Å². The molecule has 5 rings (SSSR count). The number of aromatic nitrogens is 5. The molecule has 0 aromatic carbocycles. The van der Waals surface area contributed by atoms with Gasteiger partial charge in [0, 0.05) is 44.3 Å². The van der Waals surface area contributed by atoms with Crippen molar-refractivity contribution in [2.24, 2.45) is 0 Å². The molecule has 31 heavy (non-hydrogen) atoms. The molecule has 2 aliphatic heterocycles. The Morgan fingerprint density at radius 1 is 1.13 bits per heavy atom. The first-order chi connectivity index (χ1) is 15.2.